The highest BCUT2D eigenvalue weighted by Gasteiger charge is 2.25. The molecule has 2 aromatic heterocycles. The fraction of sp³-hybridized carbons (Fsp3) is 0.200. The molecular weight excluding hydrogens is 454 g/mol. The van der Waals surface area contributed by atoms with Crippen molar-refractivity contribution < 1.29 is 4.57 Å². The molecular formula is C25H24N3OS3+. The zero-order valence-electron chi connectivity index (χ0n) is 18.2. The van der Waals surface area contributed by atoms with Gasteiger partial charge < -0.3 is 4.90 Å². The van der Waals surface area contributed by atoms with Crippen LogP contribution in [0.3, 0.4) is 0 Å². The van der Waals surface area contributed by atoms with E-state index in [0.717, 1.165) is 31.5 Å². The number of aryl methyl sites for hydroxylation is 1. The van der Waals surface area contributed by atoms with Crippen molar-refractivity contribution in [3.05, 3.63) is 95.8 Å². The Kier molecular flexibility index (Phi) is 5.80. The van der Waals surface area contributed by atoms with Gasteiger partial charge in [0.15, 0.2) is 12.7 Å². The quantitative estimate of drug-likeness (QED) is 0.418. The van der Waals surface area contributed by atoms with Gasteiger partial charge in [-0.05, 0) is 31.5 Å². The molecule has 0 radical (unpaired) electrons. The van der Waals surface area contributed by atoms with E-state index in [4.69, 9.17) is 0 Å². The van der Waals surface area contributed by atoms with Crippen LogP contribution in [0.15, 0.2) is 69.8 Å². The second-order valence-corrected chi connectivity index (χ2v) is 10.7. The number of hydrogen-bond donors (Lipinski definition) is 0. The lowest BCUT2D eigenvalue weighted by Crippen LogP contribution is -2.36. The summed E-state index contributed by atoms with van der Waals surface area (Å²) in [6.45, 7) is 5.61. The van der Waals surface area contributed by atoms with Gasteiger partial charge in [-0.25, -0.2) is 0 Å². The van der Waals surface area contributed by atoms with E-state index in [2.05, 4.69) is 83.6 Å². The van der Waals surface area contributed by atoms with E-state index in [1.54, 1.807) is 34.4 Å². The van der Waals surface area contributed by atoms with Crippen LogP contribution in [0.25, 0.3) is 11.1 Å². The highest BCUT2D eigenvalue weighted by Crippen LogP contribution is 2.45. The standard InChI is InChI=1S/C25H24N3OS3/c1-4-28-22(15-21-27(12-13-30-21)16-18-8-6-5-7-9-18)32-23(24(28)29)25-26(3)19-11-10-17(2)14-20(19)31-25/h5-15H,4,16H2,1-3H3/q+1/b25-23+. The largest absolute Gasteiger partial charge is 0.337 e. The smallest absolute Gasteiger partial charge is 0.271 e. The van der Waals surface area contributed by atoms with Crippen molar-refractivity contribution in [2.45, 2.75) is 31.8 Å². The van der Waals surface area contributed by atoms with Crippen LogP contribution in [-0.4, -0.2) is 11.6 Å². The molecule has 0 amide bonds. The van der Waals surface area contributed by atoms with Crippen molar-refractivity contribution in [3.63, 3.8) is 0 Å². The minimum Gasteiger partial charge on any atom is -0.337 e. The van der Waals surface area contributed by atoms with Crippen LogP contribution in [0, 0.1) is 6.92 Å². The molecule has 4 aromatic rings. The molecule has 7 heteroatoms. The first-order valence-electron chi connectivity index (χ1n) is 10.5. The number of benzene rings is 2. The van der Waals surface area contributed by atoms with Gasteiger partial charge in [0.25, 0.3) is 10.6 Å². The number of aromatic nitrogens is 2. The summed E-state index contributed by atoms with van der Waals surface area (Å²) in [6.07, 6.45) is 4.27. The number of anilines is 1. The Bertz CT molecular complexity index is 1460. The second-order valence-electron chi connectivity index (χ2n) is 7.76. The molecule has 32 heavy (non-hydrogen) atoms. The van der Waals surface area contributed by atoms with Gasteiger partial charge in [-0.1, -0.05) is 59.5 Å². The van der Waals surface area contributed by atoms with Gasteiger partial charge in [0.05, 0.1) is 17.1 Å². The van der Waals surface area contributed by atoms with Gasteiger partial charge in [0.2, 0.25) is 0 Å². The SMILES string of the molecule is CCn1c(=O)/c(=C2\Sc3cc(C)ccc3N2C)s/c1=C\c1scc[n+]1Cc1ccccc1. The predicted molar refractivity (Wildman–Crippen MR) is 136 cm³/mol. The van der Waals surface area contributed by atoms with Crippen molar-refractivity contribution in [2.75, 3.05) is 11.9 Å². The summed E-state index contributed by atoms with van der Waals surface area (Å²) < 4.78 is 5.94. The number of hydrogen-bond acceptors (Lipinski definition) is 5. The minimum absolute atomic E-state index is 0.0915. The fourth-order valence-electron chi connectivity index (χ4n) is 3.88. The van der Waals surface area contributed by atoms with Crippen LogP contribution in [0.5, 0.6) is 0 Å². The van der Waals surface area contributed by atoms with Crippen molar-refractivity contribution in [1.82, 2.24) is 4.57 Å². The summed E-state index contributed by atoms with van der Waals surface area (Å²) in [5.74, 6) is 0. The third-order valence-electron chi connectivity index (χ3n) is 5.57. The molecule has 0 bridgehead atoms. The maximum absolute atomic E-state index is 13.4. The minimum atomic E-state index is 0.0915. The van der Waals surface area contributed by atoms with Crippen LogP contribution in [0.2, 0.25) is 0 Å². The molecule has 0 N–H and O–H groups in total. The number of thioether (sulfide) groups is 1. The molecule has 0 saturated heterocycles. The molecule has 0 spiro atoms. The summed E-state index contributed by atoms with van der Waals surface area (Å²) in [6, 6.07) is 16.9. The Morgan fingerprint density at radius 1 is 1.12 bits per heavy atom. The van der Waals surface area contributed by atoms with Crippen molar-refractivity contribution in [3.8, 4) is 0 Å². The molecule has 5 rings (SSSR count). The highest BCUT2D eigenvalue weighted by atomic mass is 32.2. The first kappa shape index (κ1) is 21.2. The Labute approximate surface area is 199 Å². The average molecular weight is 479 g/mol. The zero-order chi connectivity index (χ0) is 22.2. The van der Waals surface area contributed by atoms with Gasteiger partial charge in [-0.3, -0.25) is 9.36 Å². The van der Waals surface area contributed by atoms with Crippen molar-refractivity contribution in [1.29, 1.82) is 0 Å². The molecule has 0 aliphatic carbocycles. The van der Waals surface area contributed by atoms with Crippen LogP contribution in [0.1, 0.15) is 23.1 Å². The van der Waals surface area contributed by atoms with Crippen molar-refractivity contribution >= 4 is 51.2 Å². The normalized spacial score (nSPS) is 15.5. The monoisotopic (exact) mass is 478 g/mol. The van der Waals surface area contributed by atoms with Gasteiger partial charge >= 0.3 is 0 Å². The van der Waals surface area contributed by atoms with E-state index in [1.807, 2.05) is 17.6 Å². The molecule has 0 atom stereocenters. The van der Waals surface area contributed by atoms with E-state index in [1.165, 1.54) is 16.0 Å². The van der Waals surface area contributed by atoms with Crippen LogP contribution < -0.4 is 24.2 Å². The Hall–Kier alpha value is -2.61. The Balaban J connectivity index is 1.61. The molecule has 0 saturated carbocycles. The average Bonchev–Trinajstić information content (AvgIpc) is 3.45. The third-order valence-corrected chi connectivity index (χ3v) is 8.88. The highest BCUT2D eigenvalue weighted by molar-refractivity contribution is 8.08. The van der Waals surface area contributed by atoms with Gasteiger partial charge in [-0.2, -0.15) is 4.57 Å². The summed E-state index contributed by atoms with van der Waals surface area (Å²) in [7, 11) is 2.05. The zero-order valence-corrected chi connectivity index (χ0v) is 20.7. The summed E-state index contributed by atoms with van der Waals surface area (Å²) >= 11 is 4.98. The number of nitrogens with zero attached hydrogens (tertiary/aromatic N) is 3. The van der Waals surface area contributed by atoms with Crippen molar-refractivity contribution in [2.24, 2.45) is 0 Å². The number of fused-ring (bicyclic) bond motifs is 1. The predicted octanol–water partition coefficient (Wildman–Crippen LogP) is 3.77. The van der Waals surface area contributed by atoms with Crippen LogP contribution >= 0.6 is 34.4 Å². The van der Waals surface area contributed by atoms with E-state index in [9.17, 15) is 4.79 Å². The Morgan fingerprint density at radius 3 is 2.72 bits per heavy atom. The fourth-order valence-corrected chi connectivity index (χ4v) is 7.29. The molecule has 2 aromatic carbocycles. The lowest BCUT2D eigenvalue weighted by Gasteiger charge is -2.12. The molecule has 162 valence electrons. The van der Waals surface area contributed by atoms with Gasteiger partial charge in [0.1, 0.15) is 14.2 Å². The van der Waals surface area contributed by atoms with E-state index in [0.29, 0.717) is 6.54 Å². The first-order chi connectivity index (χ1) is 15.5. The molecule has 0 fully saturated rings. The maximum Gasteiger partial charge on any atom is 0.271 e. The molecule has 3 heterocycles. The van der Waals surface area contributed by atoms with Crippen LogP contribution in [0.4, 0.5) is 5.69 Å². The number of rotatable bonds is 4. The van der Waals surface area contributed by atoms with Gasteiger partial charge in [-0.15, -0.1) is 11.3 Å². The Morgan fingerprint density at radius 2 is 1.94 bits per heavy atom. The lowest BCUT2D eigenvalue weighted by atomic mass is 10.2. The summed E-state index contributed by atoms with van der Waals surface area (Å²) in [5, 5.41) is 4.26. The van der Waals surface area contributed by atoms with E-state index >= 15 is 0 Å². The molecule has 1 aliphatic heterocycles. The number of thiazole rings is 2. The first-order valence-corrected chi connectivity index (χ1v) is 13.0. The van der Waals surface area contributed by atoms with Gasteiger partial charge in [0, 0.05) is 24.1 Å². The topological polar surface area (TPSA) is 29.1 Å². The molecule has 4 nitrogen and oxygen atoms in total. The maximum atomic E-state index is 13.4. The summed E-state index contributed by atoms with van der Waals surface area (Å²) in [4.78, 5) is 16.7. The third kappa shape index (κ3) is 3.85. The summed E-state index contributed by atoms with van der Waals surface area (Å²) in [5.41, 5.74) is 3.75. The van der Waals surface area contributed by atoms with E-state index < -0.39 is 0 Å². The second kappa shape index (κ2) is 8.73. The van der Waals surface area contributed by atoms with E-state index in [-0.39, 0.29) is 5.56 Å². The van der Waals surface area contributed by atoms with Crippen LogP contribution in [-0.2, 0) is 13.1 Å². The molecule has 0 unspecified atom stereocenters. The molecule has 1 aliphatic rings. The lowest BCUT2D eigenvalue weighted by molar-refractivity contribution is -0.685.